The van der Waals surface area contributed by atoms with E-state index in [0.29, 0.717) is 0 Å². The lowest BCUT2D eigenvalue weighted by Crippen LogP contribution is -2.24. The van der Waals surface area contributed by atoms with Gasteiger partial charge in [0.1, 0.15) is 17.3 Å². The Morgan fingerprint density at radius 2 is 1.87 bits per heavy atom. The summed E-state index contributed by atoms with van der Waals surface area (Å²) in [4.78, 5) is 42.7. The second-order valence-electron chi connectivity index (χ2n) is 5.91. The van der Waals surface area contributed by atoms with E-state index < -0.39 is 29.0 Å². The maximum atomic E-state index is 13.7. The summed E-state index contributed by atoms with van der Waals surface area (Å²) in [7, 11) is 0. The molecular weight excluding hydrogens is 416 g/mol. The Hall–Kier alpha value is -3.73. The fraction of sp³-hybridized carbons (Fsp3) is 0.0526. The lowest BCUT2D eigenvalue weighted by atomic mass is 10.2. The highest BCUT2D eigenvalue weighted by molar-refractivity contribution is 7.99. The summed E-state index contributed by atoms with van der Waals surface area (Å²) in [6.45, 7) is 0. The topological polar surface area (TPSA) is 130 Å². The number of H-pyrrole nitrogens is 1. The highest BCUT2D eigenvalue weighted by atomic mass is 32.2. The number of rotatable bonds is 6. The van der Waals surface area contributed by atoms with Gasteiger partial charge in [0, 0.05) is 5.69 Å². The molecule has 0 aliphatic carbocycles. The second-order valence-corrected chi connectivity index (χ2v) is 6.88. The first-order chi connectivity index (χ1) is 14.3. The van der Waals surface area contributed by atoms with Crippen molar-refractivity contribution < 1.29 is 18.4 Å². The van der Waals surface area contributed by atoms with Crippen molar-refractivity contribution in [3.05, 3.63) is 76.1 Å². The highest BCUT2D eigenvalue weighted by Gasteiger charge is 2.17. The Morgan fingerprint density at radius 1 is 1.10 bits per heavy atom. The summed E-state index contributed by atoms with van der Waals surface area (Å²) in [5.41, 5.74) is 4.66. The fourth-order valence-electron chi connectivity index (χ4n) is 2.38. The van der Waals surface area contributed by atoms with Crippen molar-refractivity contribution in [1.82, 2.24) is 9.97 Å². The Kier molecular flexibility index (Phi) is 6.42. The van der Waals surface area contributed by atoms with Crippen LogP contribution in [0.1, 0.15) is 10.4 Å². The van der Waals surface area contributed by atoms with Gasteiger partial charge >= 0.3 is 0 Å². The normalized spacial score (nSPS) is 10.5. The molecule has 0 fully saturated rings. The quantitative estimate of drug-likeness (QED) is 0.351. The van der Waals surface area contributed by atoms with Crippen molar-refractivity contribution in [1.29, 1.82) is 0 Å². The predicted molar refractivity (Wildman–Crippen MR) is 109 cm³/mol. The molecule has 3 aromatic rings. The number of carbonyl (C=O) groups is 2. The Bertz CT molecular complexity index is 1170. The number of aromatic amines is 1. The smallest absolute Gasteiger partial charge is 0.277 e. The molecule has 0 radical (unpaired) electrons. The summed E-state index contributed by atoms with van der Waals surface area (Å²) < 4.78 is 26.9. The van der Waals surface area contributed by atoms with Crippen LogP contribution in [0.25, 0.3) is 0 Å². The average Bonchev–Trinajstić information content (AvgIpc) is 2.69. The van der Waals surface area contributed by atoms with E-state index in [1.807, 2.05) is 0 Å². The van der Waals surface area contributed by atoms with Crippen molar-refractivity contribution in [2.24, 2.45) is 0 Å². The van der Waals surface area contributed by atoms with Crippen molar-refractivity contribution in [3.8, 4) is 0 Å². The molecule has 2 amide bonds. The number of nitrogens with zero attached hydrogens (tertiary/aromatic N) is 1. The molecule has 3 rings (SSSR count). The average molecular weight is 431 g/mol. The molecule has 1 heterocycles. The van der Waals surface area contributed by atoms with E-state index in [4.69, 9.17) is 5.73 Å². The zero-order valence-electron chi connectivity index (χ0n) is 15.2. The summed E-state index contributed by atoms with van der Waals surface area (Å²) >= 11 is 0.882. The van der Waals surface area contributed by atoms with E-state index in [9.17, 15) is 23.2 Å². The van der Waals surface area contributed by atoms with Gasteiger partial charge in [-0.2, -0.15) is 0 Å². The van der Waals surface area contributed by atoms with Crippen molar-refractivity contribution in [3.63, 3.8) is 0 Å². The van der Waals surface area contributed by atoms with E-state index in [1.165, 1.54) is 36.4 Å². The third kappa shape index (κ3) is 5.20. The maximum absolute atomic E-state index is 13.7. The molecule has 0 aliphatic rings. The van der Waals surface area contributed by atoms with Crippen molar-refractivity contribution in [2.75, 3.05) is 22.1 Å². The number of hydrogen-bond donors (Lipinski definition) is 4. The minimum absolute atomic E-state index is 0.0378. The Balaban J connectivity index is 1.66. The fourth-order valence-corrected chi connectivity index (χ4v) is 3.05. The monoisotopic (exact) mass is 431 g/mol. The van der Waals surface area contributed by atoms with E-state index in [-0.39, 0.29) is 33.7 Å². The zero-order chi connectivity index (χ0) is 21.7. The van der Waals surface area contributed by atoms with Gasteiger partial charge in [-0.25, -0.2) is 13.8 Å². The summed E-state index contributed by atoms with van der Waals surface area (Å²) in [5.74, 6) is -3.00. The van der Waals surface area contributed by atoms with Gasteiger partial charge in [-0.1, -0.05) is 30.0 Å². The van der Waals surface area contributed by atoms with E-state index in [0.717, 1.165) is 23.9 Å². The van der Waals surface area contributed by atoms with Gasteiger partial charge in [-0.15, -0.1) is 0 Å². The summed E-state index contributed by atoms with van der Waals surface area (Å²) in [6, 6.07) is 10.6. The third-order valence-corrected chi connectivity index (χ3v) is 4.60. The number of hydrogen-bond acceptors (Lipinski definition) is 6. The van der Waals surface area contributed by atoms with Gasteiger partial charge < -0.3 is 16.4 Å². The standard InChI is InChI=1S/C19H15F2N5O3S/c20-10-4-3-5-11(8-10)23-14(27)9-30-19-25-16(22)15(18(29)26-19)24-17(28)12-6-1-2-7-13(12)21/h1-8H,9H2,(H,23,27)(H,24,28)(H3,22,25,26,29). The molecule has 0 bridgehead atoms. The molecule has 30 heavy (non-hydrogen) atoms. The molecule has 0 unspecified atom stereocenters. The van der Waals surface area contributed by atoms with Gasteiger partial charge in [0.2, 0.25) is 5.91 Å². The highest BCUT2D eigenvalue weighted by Crippen LogP contribution is 2.18. The van der Waals surface area contributed by atoms with Crippen LogP contribution < -0.4 is 21.9 Å². The van der Waals surface area contributed by atoms with Gasteiger partial charge in [-0.05, 0) is 30.3 Å². The van der Waals surface area contributed by atoms with Crippen LogP contribution in [0.3, 0.4) is 0 Å². The molecule has 11 heteroatoms. The minimum Gasteiger partial charge on any atom is -0.382 e. The number of nitrogens with one attached hydrogen (secondary N) is 3. The molecule has 0 saturated carbocycles. The molecule has 154 valence electrons. The lowest BCUT2D eigenvalue weighted by Gasteiger charge is -2.09. The number of nitrogens with two attached hydrogens (primary N) is 1. The van der Waals surface area contributed by atoms with Crippen LogP contribution in [0.15, 0.2) is 58.5 Å². The van der Waals surface area contributed by atoms with Gasteiger partial charge in [0.25, 0.3) is 11.5 Å². The first-order valence-electron chi connectivity index (χ1n) is 8.47. The van der Waals surface area contributed by atoms with Crippen LogP contribution in [0.2, 0.25) is 0 Å². The van der Waals surface area contributed by atoms with Gasteiger partial charge in [0.05, 0.1) is 11.3 Å². The molecule has 0 aliphatic heterocycles. The number of amides is 2. The first-order valence-corrected chi connectivity index (χ1v) is 9.46. The van der Waals surface area contributed by atoms with E-state index >= 15 is 0 Å². The van der Waals surface area contributed by atoms with Crippen LogP contribution in [0.4, 0.5) is 26.0 Å². The molecule has 0 atom stereocenters. The van der Waals surface area contributed by atoms with Crippen LogP contribution in [0.5, 0.6) is 0 Å². The molecular formula is C19H15F2N5O3S. The van der Waals surface area contributed by atoms with Gasteiger partial charge in [0.15, 0.2) is 11.0 Å². The van der Waals surface area contributed by atoms with E-state index in [2.05, 4.69) is 20.6 Å². The zero-order valence-corrected chi connectivity index (χ0v) is 16.1. The maximum Gasteiger partial charge on any atom is 0.277 e. The second kappa shape index (κ2) is 9.18. The number of nitrogen functional groups attached to an aromatic ring is 1. The molecule has 0 saturated heterocycles. The number of aromatic nitrogens is 2. The summed E-state index contributed by atoms with van der Waals surface area (Å²) in [5, 5.41) is 4.77. The van der Waals surface area contributed by atoms with E-state index in [1.54, 1.807) is 0 Å². The van der Waals surface area contributed by atoms with Gasteiger partial charge in [-0.3, -0.25) is 19.4 Å². The number of benzene rings is 2. The molecule has 0 spiro atoms. The van der Waals surface area contributed by atoms with Crippen LogP contribution in [-0.2, 0) is 4.79 Å². The minimum atomic E-state index is -0.859. The van der Waals surface area contributed by atoms with Crippen LogP contribution in [-0.4, -0.2) is 27.5 Å². The van der Waals surface area contributed by atoms with Crippen molar-refractivity contribution >= 4 is 40.8 Å². The molecule has 2 aromatic carbocycles. The Morgan fingerprint density at radius 3 is 2.57 bits per heavy atom. The number of halogens is 2. The first kappa shape index (κ1) is 21.0. The molecule has 5 N–H and O–H groups in total. The number of carbonyl (C=O) groups excluding carboxylic acids is 2. The third-order valence-electron chi connectivity index (χ3n) is 3.73. The lowest BCUT2D eigenvalue weighted by molar-refractivity contribution is -0.113. The molecule has 1 aromatic heterocycles. The predicted octanol–water partition coefficient (Wildman–Crippen LogP) is 2.61. The Labute approximate surface area is 172 Å². The van der Waals surface area contributed by atoms with Crippen molar-refractivity contribution in [2.45, 2.75) is 5.16 Å². The van der Waals surface area contributed by atoms with Crippen LogP contribution in [0, 0.1) is 11.6 Å². The summed E-state index contributed by atoms with van der Waals surface area (Å²) in [6.07, 6.45) is 0. The number of anilines is 3. The van der Waals surface area contributed by atoms with Crippen LogP contribution >= 0.6 is 11.8 Å². The largest absolute Gasteiger partial charge is 0.382 e. The number of thioether (sulfide) groups is 1. The molecule has 8 nitrogen and oxygen atoms in total. The SMILES string of the molecule is Nc1nc(SCC(=O)Nc2cccc(F)c2)[nH]c(=O)c1NC(=O)c1ccccc1F.